The van der Waals surface area contributed by atoms with Crippen LogP contribution in [-0.2, 0) is 22.6 Å². The van der Waals surface area contributed by atoms with Crippen LogP contribution in [0.3, 0.4) is 0 Å². The number of carbonyl (C=O) groups excluding carboxylic acids is 2. The van der Waals surface area contributed by atoms with Gasteiger partial charge in [-0.25, -0.2) is 5.48 Å². The minimum absolute atomic E-state index is 0.156. The first-order chi connectivity index (χ1) is 16.1. The van der Waals surface area contributed by atoms with Gasteiger partial charge >= 0.3 is 0 Å². The summed E-state index contributed by atoms with van der Waals surface area (Å²) >= 11 is 0. The monoisotopic (exact) mass is 449 g/mol. The van der Waals surface area contributed by atoms with Gasteiger partial charge in [0.05, 0.1) is 13.2 Å². The topological polar surface area (TPSA) is 109 Å². The summed E-state index contributed by atoms with van der Waals surface area (Å²) in [4.78, 5) is 24.2. The lowest BCUT2D eigenvalue weighted by atomic mass is 10.0. The molecule has 3 aromatic rings. The molecule has 1 atom stereocenters. The fraction of sp³-hybridized carbons (Fsp3) is 0.200. The van der Waals surface area contributed by atoms with Crippen LogP contribution >= 0.6 is 0 Å². The van der Waals surface area contributed by atoms with Crippen molar-refractivity contribution >= 4 is 17.5 Å². The van der Waals surface area contributed by atoms with E-state index in [0.717, 1.165) is 11.1 Å². The summed E-state index contributed by atoms with van der Waals surface area (Å²) in [5.74, 6) is 0.403. The molecule has 0 aliphatic rings. The van der Waals surface area contributed by atoms with E-state index in [1.807, 2.05) is 42.5 Å². The van der Waals surface area contributed by atoms with Gasteiger partial charge in [-0.3, -0.25) is 14.8 Å². The fourth-order valence-corrected chi connectivity index (χ4v) is 3.14. The first kappa shape index (κ1) is 23.8. The summed E-state index contributed by atoms with van der Waals surface area (Å²) in [6.45, 7) is 0.250. The van der Waals surface area contributed by atoms with E-state index in [-0.39, 0.29) is 12.5 Å². The second-order valence-electron chi connectivity index (χ2n) is 7.31. The van der Waals surface area contributed by atoms with Gasteiger partial charge in [0.25, 0.3) is 5.91 Å². The normalized spacial score (nSPS) is 11.3. The zero-order valence-electron chi connectivity index (χ0n) is 18.3. The van der Waals surface area contributed by atoms with E-state index in [1.54, 1.807) is 43.5 Å². The summed E-state index contributed by atoms with van der Waals surface area (Å²) in [5.41, 5.74) is 4.19. The van der Waals surface area contributed by atoms with Gasteiger partial charge in [-0.05, 0) is 53.9 Å². The number of amides is 2. The molecular formula is C25H27N3O5. The van der Waals surface area contributed by atoms with Gasteiger partial charge in [0, 0.05) is 12.2 Å². The third-order valence-corrected chi connectivity index (χ3v) is 4.93. The van der Waals surface area contributed by atoms with Crippen LogP contribution in [0.2, 0.25) is 0 Å². The van der Waals surface area contributed by atoms with Crippen LogP contribution < -0.4 is 25.6 Å². The molecule has 0 heterocycles. The molecule has 0 saturated carbocycles. The minimum atomic E-state index is -0.639. The molecule has 0 saturated heterocycles. The van der Waals surface area contributed by atoms with Gasteiger partial charge in [-0.1, -0.05) is 42.5 Å². The molecule has 0 aromatic heterocycles. The highest BCUT2D eigenvalue weighted by Gasteiger charge is 2.19. The Kier molecular flexibility index (Phi) is 8.81. The maximum atomic E-state index is 13.1. The molecule has 3 aromatic carbocycles. The second-order valence-corrected chi connectivity index (χ2v) is 7.31. The van der Waals surface area contributed by atoms with Crippen molar-refractivity contribution in [3.8, 4) is 11.5 Å². The van der Waals surface area contributed by atoms with Crippen molar-refractivity contribution in [2.45, 2.75) is 19.0 Å². The third-order valence-electron chi connectivity index (χ3n) is 4.93. The molecule has 33 heavy (non-hydrogen) atoms. The molecule has 4 N–H and O–H groups in total. The lowest BCUT2D eigenvalue weighted by Gasteiger charge is -2.19. The van der Waals surface area contributed by atoms with E-state index in [0.29, 0.717) is 30.2 Å². The lowest BCUT2D eigenvalue weighted by Crippen LogP contribution is -2.41. The highest BCUT2D eigenvalue weighted by atomic mass is 16.5. The number of methoxy groups -OCH3 is 1. The zero-order valence-corrected chi connectivity index (χ0v) is 18.3. The van der Waals surface area contributed by atoms with Crippen LogP contribution in [0.5, 0.6) is 11.5 Å². The molecule has 2 amide bonds. The number of nitrogens with one attached hydrogen (secondary N) is 3. The second kappa shape index (κ2) is 12.2. The van der Waals surface area contributed by atoms with Crippen LogP contribution in [0, 0.1) is 0 Å². The Morgan fingerprint density at radius 2 is 1.55 bits per heavy atom. The van der Waals surface area contributed by atoms with Crippen LogP contribution in [0.25, 0.3) is 0 Å². The zero-order chi connectivity index (χ0) is 23.5. The molecule has 0 bridgehead atoms. The molecule has 0 aliphatic heterocycles. The molecule has 0 fully saturated rings. The Balaban J connectivity index is 1.67. The van der Waals surface area contributed by atoms with E-state index in [1.165, 1.54) is 5.48 Å². The van der Waals surface area contributed by atoms with Crippen LogP contribution in [-0.4, -0.2) is 36.8 Å². The highest BCUT2D eigenvalue weighted by molar-refractivity contribution is 5.95. The Morgan fingerprint density at radius 1 is 0.879 bits per heavy atom. The van der Waals surface area contributed by atoms with Crippen molar-refractivity contribution < 1.29 is 24.3 Å². The number of rotatable bonds is 11. The van der Waals surface area contributed by atoms with Crippen LogP contribution in [0.1, 0.15) is 11.1 Å². The van der Waals surface area contributed by atoms with Crippen LogP contribution in [0.15, 0.2) is 78.9 Å². The Bertz CT molecular complexity index is 1020. The number of ether oxygens (including phenoxy) is 2. The van der Waals surface area contributed by atoms with Crippen molar-refractivity contribution in [1.82, 2.24) is 10.8 Å². The predicted octanol–water partition coefficient (Wildman–Crippen LogP) is 2.92. The first-order valence-electron chi connectivity index (χ1n) is 10.4. The molecule has 0 unspecified atom stereocenters. The third kappa shape index (κ3) is 7.64. The van der Waals surface area contributed by atoms with Crippen molar-refractivity contribution in [2.24, 2.45) is 0 Å². The van der Waals surface area contributed by atoms with E-state index in [2.05, 4.69) is 10.6 Å². The molecule has 172 valence electrons. The van der Waals surface area contributed by atoms with Crippen molar-refractivity contribution in [3.63, 3.8) is 0 Å². The molecule has 8 nitrogen and oxygen atoms in total. The van der Waals surface area contributed by atoms with E-state index >= 15 is 0 Å². The summed E-state index contributed by atoms with van der Waals surface area (Å²) in [5, 5.41) is 14.8. The van der Waals surface area contributed by atoms with E-state index in [4.69, 9.17) is 14.7 Å². The maximum Gasteiger partial charge on any atom is 0.281 e. The molecule has 0 aliphatic carbocycles. The smallest absolute Gasteiger partial charge is 0.281 e. The Morgan fingerprint density at radius 3 is 2.18 bits per heavy atom. The summed E-state index contributed by atoms with van der Waals surface area (Å²) in [7, 11) is 1.59. The van der Waals surface area contributed by atoms with Gasteiger partial charge < -0.3 is 20.1 Å². The van der Waals surface area contributed by atoms with Gasteiger partial charge in [0.1, 0.15) is 11.5 Å². The maximum absolute atomic E-state index is 13.1. The van der Waals surface area contributed by atoms with Gasteiger partial charge in [0.15, 0.2) is 6.61 Å². The van der Waals surface area contributed by atoms with E-state index in [9.17, 15) is 9.59 Å². The quantitative estimate of drug-likeness (QED) is 0.265. The molecule has 0 radical (unpaired) electrons. The molecule has 0 spiro atoms. The van der Waals surface area contributed by atoms with Crippen molar-refractivity contribution in [2.75, 3.05) is 19.0 Å². The lowest BCUT2D eigenvalue weighted by molar-refractivity contribution is -0.131. The van der Waals surface area contributed by atoms with Gasteiger partial charge in [0.2, 0.25) is 5.91 Å². The summed E-state index contributed by atoms with van der Waals surface area (Å²) in [6.07, 6.45) is 0.451. The number of hydrogen-bond acceptors (Lipinski definition) is 6. The summed E-state index contributed by atoms with van der Waals surface area (Å²) < 4.78 is 10.5. The summed E-state index contributed by atoms with van der Waals surface area (Å²) in [6, 6.07) is 23.7. The largest absolute Gasteiger partial charge is 0.497 e. The Hall–Kier alpha value is -3.88. The predicted molar refractivity (Wildman–Crippen MR) is 124 cm³/mol. The van der Waals surface area contributed by atoms with Crippen molar-refractivity contribution in [1.29, 1.82) is 0 Å². The molecular weight excluding hydrogens is 422 g/mol. The number of benzene rings is 3. The molecule has 3 rings (SSSR count). The number of carbonyl (C=O) groups is 2. The van der Waals surface area contributed by atoms with Crippen molar-refractivity contribution in [3.05, 3.63) is 90.0 Å². The Labute approximate surface area is 192 Å². The highest BCUT2D eigenvalue weighted by Crippen LogP contribution is 2.17. The number of hydrogen-bond donors (Lipinski definition) is 4. The number of hydroxylamine groups is 1. The van der Waals surface area contributed by atoms with Crippen LogP contribution in [0.4, 0.5) is 5.69 Å². The van der Waals surface area contributed by atoms with Gasteiger partial charge in [-0.15, -0.1) is 0 Å². The SMILES string of the molecule is COc1ccc(NC(=O)[C@H](Cc2ccc(OCC(=O)NO)cc2)NCc2ccccc2)cc1. The molecule has 8 heteroatoms. The average Bonchev–Trinajstić information content (AvgIpc) is 2.86. The average molecular weight is 450 g/mol. The minimum Gasteiger partial charge on any atom is -0.497 e. The van der Waals surface area contributed by atoms with E-state index < -0.39 is 11.9 Å². The standard InChI is InChI=1S/C25H27N3O5/c1-32-21-13-9-20(10-14-21)27-25(30)23(26-16-19-5-3-2-4-6-19)15-18-7-11-22(12-8-18)33-17-24(29)28-31/h2-14,23,26,31H,15-17H2,1H3,(H,27,30)(H,28,29)/t23-/m0/s1. The van der Waals surface area contributed by atoms with Gasteiger partial charge in [-0.2, -0.15) is 0 Å². The fourth-order valence-electron chi connectivity index (χ4n) is 3.14. The first-order valence-corrected chi connectivity index (χ1v) is 10.4. The number of anilines is 1.